The molecule has 0 radical (unpaired) electrons. The van der Waals surface area contributed by atoms with Gasteiger partial charge in [0.25, 0.3) is 0 Å². The third kappa shape index (κ3) is 7.42. The number of hydrogen-bond acceptors (Lipinski definition) is 1. The van der Waals surface area contributed by atoms with Gasteiger partial charge < -0.3 is 0 Å². The van der Waals surface area contributed by atoms with Crippen LogP contribution in [0.15, 0.2) is 0 Å². The molecule has 0 spiro atoms. The van der Waals surface area contributed by atoms with Crippen LogP contribution in [0.3, 0.4) is 0 Å². The Bertz CT molecular complexity index is 57.9. The third-order valence-corrected chi connectivity index (χ3v) is 4.22. The average Bonchev–Trinajstić information content (AvgIpc) is 1.59. The van der Waals surface area contributed by atoms with E-state index in [1.165, 1.54) is 0 Å². The number of hydrogen-bond donors (Lipinski definition) is 1. The van der Waals surface area contributed by atoms with E-state index in [1.54, 1.807) is 0 Å². The Labute approximate surface area is 75.8 Å². The van der Waals surface area contributed by atoms with E-state index >= 15 is 0 Å². The third-order valence-electron chi connectivity index (χ3n) is 0.425. The van der Waals surface area contributed by atoms with Gasteiger partial charge in [-0.2, -0.15) is 0 Å². The van der Waals surface area contributed by atoms with Gasteiger partial charge in [0, 0.05) is 0 Å². The van der Waals surface area contributed by atoms with Crippen molar-refractivity contribution in [2.75, 3.05) is 6.54 Å². The molecule has 0 amide bonds. The summed E-state index contributed by atoms with van der Waals surface area (Å²) >= 11 is 2.70. The maximum atomic E-state index is 3.39. The monoisotopic (exact) mass is 340 g/mol. The molecule has 0 aliphatic heterocycles. The minimum absolute atomic E-state index is 0.218. The zero-order valence-electron chi connectivity index (χ0n) is 5.46. The van der Waals surface area contributed by atoms with Crippen molar-refractivity contribution >= 4 is 22.6 Å². The Morgan fingerprint density at radius 1 is 1.62 bits per heavy atom. The van der Waals surface area contributed by atoms with Crippen LogP contribution in [0.4, 0.5) is 0 Å². The van der Waals surface area contributed by atoms with Crippen molar-refractivity contribution in [3.8, 4) is 0 Å². The molecular formula is C5H12I2N-. The van der Waals surface area contributed by atoms with Crippen LogP contribution in [-0.2, 0) is 0 Å². The molecule has 0 atom stereocenters. The topological polar surface area (TPSA) is 12.0 Å². The van der Waals surface area contributed by atoms with Gasteiger partial charge in [-0.25, -0.2) is 0 Å². The Hall–Kier alpha value is 1.42. The van der Waals surface area contributed by atoms with Crippen molar-refractivity contribution in [1.29, 1.82) is 0 Å². The van der Waals surface area contributed by atoms with Crippen LogP contribution in [0.25, 0.3) is 0 Å². The van der Waals surface area contributed by atoms with Crippen LogP contribution in [0.1, 0.15) is 20.8 Å². The van der Waals surface area contributed by atoms with Crippen LogP contribution in [-0.4, -0.2) is 7.97 Å². The molecule has 8 heavy (non-hydrogen) atoms. The second-order valence-electron chi connectivity index (χ2n) is 1.91. The van der Waals surface area contributed by atoms with Crippen LogP contribution in [0, 0.1) is 0 Å². The molecule has 0 unspecified atom stereocenters. The SMILES string of the molecule is CCN[I-]C(C)(C)I. The van der Waals surface area contributed by atoms with E-state index in [0.717, 1.165) is 6.54 Å². The molecule has 1 nitrogen and oxygen atoms in total. The molecule has 0 aliphatic carbocycles. The van der Waals surface area contributed by atoms with Crippen molar-refractivity contribution in [2.45, 2.75) is 22.2 Å². The van der Waals surface area contributed by atoms with Crippen LogP contribution in [0.5, 0.6) is 0 Å². The first-order valence-electron chi connectivity index (χ1n) is 2.63. The molecule has 0 aromatic rings. The molecule has 0 fully saturated rings. The fraction of sp³-hybridized carbons (Fsp3) is 1.00. The molecule has 0 aromatic carbocycles. The Morgan fingerprint density at radius 2 is 2.12 bits per heavy atom. The number of nitrogens with one attached hydrogen (secondary N) is 1. The first-order chi connectivity index (χ1) is 3.56. The minimum atomic E-state index is 0.218. The zero-order valence-corrected chi connectivity index (χ0v) is 9.78. The standard InChI is InChI=1S/C5H12I2N/c1-4-8-7-5(2,3)6/h8H,4H2,1-3H3/q-1. The summed E-state index contributed by atoms with van der Waals surface area (Å²) in [4.78, 5) is 0. The number of halogens is 2. The van der Waals surface area contributed by atoms with Gasteiger partial charge in [0.05, 0.1) is 0 Å². The van der Waals surface area contributed by atoms with Gasteiger partial charge in [-0.3, -0.25) is 0 Å². The summed E-state index contributed by atoms with van der Waals surface area (Å²) in [5.41, 5.74) is 0. The average molecular weight is 340 g/mol. The second kappa shape index (κ2) is 4.27. The molecule has 0 saturated heterocycles. The summed E-state index contributed by atoms with van der Waals surface area (Å²) in [6, 6.07) is 0. The maximum absolute atomic E-state index is 3.39. The molecule has 3 heteroatoms. The number of rotatable bonds is 3. The number of alkyl halides is 2. The summed E-state index contributed by atoms with van der Waals surface area (Å²) in [5.74, 6) is 0. The predicted molar refractivity (Wildman–Crippen MR) is 41.8 cm³/mol. The van der Waals surface area contributed by atoms with Gasteiger partial charge >= 0.3 is 76.3 Å². The summed E-state index contributed by atoms with van der Waals surface area (Å²) in [5, 5.41) is 0. The van der Waals surface area contributed by atoms with E-state index in [0.29, 0.717) is 1.43 Å². The van der Waals surface area contributed by atoms with Crippen molar-refractivity contribution in [1.82, 2.24) is 3.53 Å². The quantitative estimate of drug-likeness (QED) is 0.386. The fourth-order valence-electron chi connectivity index (χ4n) is 0.226. The van der Waals surface area contributed by atoms with E-state index in [1.807, 2.05) is 0 Å². The molecule has 52 valence electrons. The van der Waals surface area contributed by atoms with E-state index < -0.39 is 0 Å². The van der Waals surface area contributed by atoms with Gasteiger partial charge in [-0.15, -0.1) is 0 Å². The van der Waals surface area contributed by atoms with Gasteiger partial charge in [-0.05, 0) is 0 Å². The molecule has 0 aromatic heterocycles. The molecule has 0 rings (SSSR count). The Kier molecular flexibility index (Phi) is 5.03. The van der Waals surface area contributed by atoms with Crippen LogP contribution < -0.4 is 25.0 Å². The second-order valence-corrected chi connectivity index (χ2v) is 10.7. The molecular weight excluding hydrogens is 328 g/mol. The van der Waals surface area contributed by atoms with E-state index in [-0.39, 0.29) is 21.5 Å². The fourth-order valence-corrected chi connectivity index (χ4v) is 2.48. The van der Waals surface area contributed by atoms with Crippen LogP contribution >= 0.6 is 22.6 Å². The molecule has 0 heterocycles. The summed E-state index contributed by atoms with van der Waals surface area (Å²) in [6.45, 7) is 7.81. The molecule has 0 bridgehead atoms. The first-order valence-corrected chi connectivity index (χ1v) is 5.86. The van der Waals surface area contributed by atoms with E-state index in [4.69, 9.17) is 0 Å². The first kappa shape index (κ1) is 9.42. The van der Waals surface area contributed by atoms with E-state index in [2.05, 4.69) is 46.9 Å². The van der Waals surface area contributed by atoms with Crippen molar-refractivity contribution in [2.24, 2.45) is 0 Å². The molecule has 0 aliphatic rings. The Balaban J connectivity index is 3.11. The van der Waals surface area contributed by atoms with Gasteiger partial charge in [0.15, 0.2) is 0 Å². The van der Waals surface area contributed by atoms with E-state index in [9.17, 15) is 0 Å². The summed E-state index contributed by atoms with van der Waals surface area (Å²) in [6.07, 6.45) is 0. The molecule has 1 N–H and O–H groups in total. The normalized spacial score (nSPS) is 12.5. The predicted octanol–water partition coefficient (Wildman–Crippen LogP) is -1.23. The zero-order chi connectivity index (χ0) is 6.62. The van der Waals surface area contributed by atoms with Crippen molar-refractivity contribution in [3.63, 3.8) is 0 Å². The Morgan fingerprint density at radius 3 is 2.25 bits per heavy atom. The van der Waals surface area contributed by atoms with Gasteiger partial charge in [-0.1, -0.05) is 0 Å². The molecule has 0 saturated carbocycles. The van der Waals surface area contributed by atoms with Crippen molar-refractivity contribution in [3.05, 3.63) is 0 Å². The van der Waals surface area contributed by atoms with Gasteiger partial charge in [0.1, 0.15) is 0 Å². The summed E-state index contributed by atoms with van der Waals surface area (Å²) < 4.78 is 3.91. The van der Waals surface area contributed by atoms with Gasteiger partial charge in [0.2, 0.25) is 0 Å². The van der Waals surface area contributed by atoms with Crippen molar-refractivity contribution < 1.29 is 21.5 Å². The summed E-state index contributed by atoms with van der Waals surface area (Å²) in [7, 11) is 0. The van der Waals surface area contributed by atoms with Crippen LogP contribution in [0.2, 0.25) is 0 Å².